The number of carboxylic acid groups (broad SMARTS) is 1. The highest BCUT2D eigenvalue weighted by Gasteiger charge is 2.21. The van der Waals surface area contributed by atoms with Crippen molar-refractivity contribution in [3.8, 4) is 11.6 Å². The largest absolute Gasteiger partial charge is 0.495 e. The number of hydrogen-bond acceptors (Lipinski definition) is 5. The highest BCUT2D eigenvalue weighted by molar-refractivity contribution is 5.95. The van der Waals surface area contributed by atoms with Crippen LogP contribution in [0.2, 0.25) is 0 Å². The number of nitrogens with one attached hydrogen (secondary N) is 1. The number of rotatable bonds is 12. The molecule has 162 valence electrons. The van der Waals surface area contributed by atoms with Crippen LogP contribution in [-0.2, 0) is 4.79 Å². The fourth-order valence-electron chi connectivity index (χ4n) is 3.34. The van der Waals surface area contributed by atoms with Gasteiger partial charge >= 0.3 is 5.97 Å². The van der Waals surface area contributed by atoms with Crippen molar-refractivity contribution < 1.29 is 24.2 Å². The third kappa shape index (κ3) is 6.47. The minimum atomic E-state index is -1.07. The second-order valence-electron chi connectivity index (χ2n) is 7.00. The van der Waals surface area contributed by atoms with Gasteiger partial charge < -0.3 is 19.9 Å². The Bertz CT molecular complexity index is 853. The van der Waals surface area contributed by atoms with E-state index in [9.17, 15) is 14.7 Å². The Morgan fingerprint density at radius 3 is 2.67 bits per heavy atom. The van der Waals surface area contributed by atoms with Gasteiger partial charge in [0.1, 0.15) is 5.75 Å². The summed E-state index contributed by atoms with van der Waals surface area (Å²) in [5, 5.41) is 12.0. The van der Waals surface area contributed by atoms with Crippen molar-refractivity contribution in [2.75, 3.05) is 19.0 Å². The van der Waals surface area contributed by atoms with Crippen LogP contribution in [0, 0.1) is 0 Å². The molecule has 1 aromatic carbocycles. The van der Waals surface area contributed by atoms with Crippen LogP contribution in [0.3, 0.4) is 0 Å². The highest BCUT2D eigenvalue weighted by atomic mass is 16.5. The summed E-state index contributed by atoms with van der Waals surface area (Å²) in [5.41, 5.74) is 1.33. The SMILES string of the molecule is CCCCCC(CC(=O)Nc1cc(C(=O)O)ccc1OC)c1cccnc1OCC. The van der Waals surface area contributed by atoms with Crippen LogP contribution in [0.4, 0.5) is 5.69 Å². The van der Waals surface area contributed by atoms with Crippen molar-refractivity contribution in [1.82, 2.24) is 4.98 Å². The van der Waals surface area contributed by atoms with Gasteiger partial charge in [-0.3, -0.25) is 4.79 Å². The summed E-state index contributed by atoms with van der Waals surface area (Å²) >= 11 is 0. The number of carboxylic acids is 1. The molecular formula is C23H30N2O5. The van der Waals surface area contributed by atoms with Gasteiger partial charge in [-0.25, -0.2) is 9.78 Å². The minimum Gasteiger partial charge on any atom is -0.495 e. The molecule has 2 rings (SSSR count). The number of hydrogen-bond donors (Lipinski definition) is 2. The Hall–Kier alpha value is -3.09. The number of amides is 1. The fourth-order valence-corrected chi connectivity index (χ4v) is 3.34. The second-order valence-corrected chi connectivity index (χ2v) is 7.00. The quantitative estimate of drug-likeness (QED) is 0.480. The van der Waals surface area contributed by atoms with Crippen LogP contribution >= 0.6 is 0 Å². The van der Waals surface area contributed by atoms with E-state index in [4.69, 9.17) is 9.47 Å². The van der Waals surface area contributed by atoms with Gasteiger partial charge in [0, 0.05) is 18.2 Å². The van der Waals surface area contributed by atoms with E-state index in [-0.39, 0.29) is 23.8 Å². The number of nitrogens with zero attached hydrogens (tertiary/aromatic N) is 1. The zero-order valence-corrected chi connectivity index (χ0v) is 17.8. The number of aromatic carboxylic acids is 1. The third-order valence-corrected chi connectivity index (χ3v) is 4.83. The lowest BCUT2D eigenvalue weighted by atomic mass is 9.90. The first-order chi connectivity index (χ1) is 14.5. The van der Waals surface area contributed by atoms with Crippen LogP contribution < -0.4 is 14.8 Å². The van der Waals surface area contributed by atoms with Crippen molar-refractivity contribution in [3.63, 3.8) is 0 Å². The Kier molecular flexibility index (Phi) is 9.12. The van der Waals surface area contributed by atoms with Crippen molar-refractivity contribution in [2.24, 2.45) is 0 Å². The van der Waals surface area contributed by atoms with E-state index in [0.29, 0.717) is 23.9 Å². The molecule has 7 nitrogen and oxygen atoms in total. The Labute approximate surface area is 177 Å². The van der Waals surface area contributed by atoms with Crippen molar-refractivity contribution >= 4 is 17.6 Å². The number of carbonyl (C=O) groups excluding carboxylic acids is 1. The molecule has 0 radical (unpaired) electrons. The van der Waals surface area contributed by atoms with Gasteiger partial charge in [0.15, 0.2) is 0 Å². The number of ether oxygens (including phenoxy) is 2. The lowest BCUT2D eigenvalue weighted by molar-refractivity contribution is -0.116. The number of aromatic nitrogens is 1. The molecule has 0 aliphatic rings. The van der Waals surface area contributed by atoms with Gasteiger partial charge in [-0.1, -0.05) is 32.3 Å². The average Bonchev–Trinajstić information content (AvgIpc) is 2.73. The molecule has 0 fully saturated rings. The Morgan fingerprint density at radius 1 is 1.20 bits per heavy atom. The zero-order valence-electron chi connectivity index (χ0n) is 17.8. The van der Waals surface area contributed by atoms with Crippen LogP contribution in [0.15, 0.2) is 36.5 Å². The molecule has 0 saturated carbocycles. The predicted octanol–water partition coefficient (Wildman–Crippen LogP) is 4.88. The summed E-state index contributed by atoms with van der Waals surface area (Å²) < 4.78 is 10.9. The van der Waals surface area contributed by atoms with Gasteiger partial charge in [-0.05, 0) is 43.5 Å². The molecule has 7 heteroatoms. The summed E-state index contributed by atoms with van der Waals surface area (Å²) in [7, 11) is 1.48. The van der Waals surface area contributed by atoms with E-state index < -0.39 is 5.97 Å². The van der Waals surface area contributed by atoms with Crippen LogP contribution in [-0.4, -0.2) is 35.7 Å². The number of unbranched alkanes of at least 4 members (excludes halogenated alkanes) is 2. The van der Waals surface area contributed by atoms with Crippen LogP contribution in [0.5, 0.6) is 11.6 Å². The third-order valence-electron chi connectivity index (χ3n) is 4.83. The van der Waals surface area contributed by atoms with E-state index in [1.807, 2.05) is 19.1 Å². The molecule has 0 aliphatic carbocycles. The molecule has 1 heterocycles. The molecule has 0 aliphatic heterocycles. The van der Waals surface area contributed by atoms with Gasteiger partial charge in [-0.15, -0.1) is 0 Å². The first-order valence-electron chi connectivity index (χ1n) is 10.3. The summed E-state index contributed by atoms with van der Waals surface area (Å²) in [6, 6.07) is 8.18. The number of methoxy groups -OCH3 is 1. The molecule has 1 aromatic heterocycles. The monoisotopic (exact) mass is 414 g/mol. The van der Waals surface area contributed by atoms with Crippen LogP contribution in [0.25, 0.3) is 0 Å². The molecule has 2 aromatic rings. The number of carbonyl (C=O) groups is 2. The predicted molar refractivity (Wildman–Crippen MR) is 115 cm³/mol. The number of pyridine rings is 1. The standard InChI is InChI=1S/C23H30N2O5/c1-4-6-7-9-16(18-10-8-13-24-22(18)30-5-2)15-21(26)25-19-14-17(23(27)28)11-12-20(19)29-3/h8,10-14,16H,4-7,9,15H2,1-3H3,(H,25,26)(H,27,28). The normalized spacial score (nSPS) is 11.6. The summed E-state index contributed by atoms with van der Waals surface area (Å²) in [5.74, 6) is -0.376. The van der Waals surface area contributed by atoms with Gasteiger partial charge in [0.05, 0.1) is 25.0 Å². The Morgan fingerprint density at radius 2 is 2.00 bits per heavy atom. The fraction of sp³-hybridized carbons (Fsp3) is 0.435. The first kappa shape index (κ1) is 23.2. The van der Waals surface area contributed by atoms with E-state index in [2.05, 4.69) is 17.2 Å². The molecule has 1 unspecified atom stereocenters. The number of anilines is 1. The summed E-state index contributed by atoms with van der Waals surface area (Å²) in [6.45, 7) is 4.54. The molecule has 0 spiro atoms. The molecule has 1 atom stereocenters. The van der Waals surface area contributed by atoms with E-state index >= 15 is 0 Å². The van der Waals surface area contributed by atoms with Gasteiger partial charge in [-0.2, -0.15) is 0 Å². The molecule has 30 heavy (non-hydrogen) atoms. The first-order valence-corrected chi connectivity index (χ1v) is 10.3. The number of benzene rings is 1. The maximum absolute atomic E-state index is 12.9. The van der Waals surface area contributed by atoms with E-state index in [1.165, 1.54) is 25.3 Å². The molecule has 1 amide bonds. The molecule has 2 N–H and O–H groups in total. The minimum absolute atomic E-state index is 0.0551. The molecule has 0 bridgehead atoms. The maximum Gasteiger partial charge on any atom is 0.335 e. The van der Waals surface area contributed by atoms with E-state index in [1.54, 1.807) is 6.20 Å². The lowest BCUT2D eigenvalue weighted by Crippen LogP contribution is -2.17. The van der Waals surface area contributed by atoms with Crippen molar-refractivity contribution in [1.29, 1.82) is 0 Å². The average molecular weight is 415 g/mol. The van der Waals surface area contributed by atoms with Crippen molar-refractivity contribution in [3.05, 3.63) is 47.7 Å². The molecular weight excluding hydrogens is 384 g/mol. The highest BCUT2D eigenvalue weighted by Crippen LogP contribution is 2.33. The van der Waals surface area contributed by atoms with Crippen LogP contribution in [0.1, 0.15) is 67.8 Å². The summed E-state index contributed by atoms with van der Waals surface area (Å²) in [4.78, 5) is 28.5. The van der Waals surface area contributed by atoms with Gasteiger partial charge in [0.25, 0.3) is 0 Å². The topological polar surface area (TPSA) is 97.8 Å². The maximum atomic E-state index is 12.9. The van der Waals surface area contributed by atoms with Gasteiger partial charge in [0.2, 0.25) is 11.8 Å². The second kappa shape index (κ2) is 11.8. The van der Waals surface area contributed by atoms with Crippen molar-refractivity contribution in [2.45, 2.75) is 51.9 Å². The smallest absolute Gasteiger partial charge is 0.335 e. The van der Waals surface area contributed by atoms with E-state index in [0.717, 1.165) is 31.2 Å². The molecule has 0 saturated heterocycles. The lowest BCUT2D eigenvalue weighted by Gasteiger charge is -2.20. The zero-order chi connectivity index (χ0) is 21.9. The Balaban J connectivity index is 2.23. The summed E-state index contributed by atoms with van der Waals surface area (Å²) in [6.07, 6.45) is 5.90.